The van der Waals surface area contributed by atoms with Gasteiger partial charge in [0.05, 0.1) is 19.2 Å². The molecule has 2 heterocycles. The Morgan fingerprint density at radius 1 is 1.32 bits per heavy atom. The zero-order valence-corrected chi connectivity index (χ0v) is 20.6. The molecular weight excluding hydrogens is 483 g/mol. The number of alkyl halides is 1. The van der Waals surface area contributed by atoms with E-state index in [1.54, 1.807) is 36.5 Å². The normalized spacial score (nSPS) is 22.0. The van der Waals surface area contributed by atoms with Crippen LogP contribution in [0.4, 0.5) is 10.2 Å². The lowest BCUT2D eigenvalue weighted by atomic mass is 10.0. The molecule has 37 heavy (non-hydrogen) atoms. The molecule has 1 aliphatic heterocycles. The summed E-state index contributed by atoms with van der Waals surface area (Å²) in [6, 6.07) is 10.6. The fourth-order valence-corrected chi connectivity index (χ4v) is 3.99. The first-order valence-electron chi connectivity index (χ1n) is 11.8. The van der Waals surface area contributed by atoms with Gasteiger partial charge in [0.25, 0.3) is 6.47 Å². The summed E-state index contributed by atoms with van der Waals surface area (Å²) in [5.41, 5.74) is 1.76. The topological polar surface area (TPSA) is 142 Å². The first kappa shape index (κ1) is 27.5. The molecule has 0 bridgehead atoms. The lowest BCUT2D eigenvalue weighted by Crippen LogP contribution is -2.50. The summed E-state index contributed by atoms with van der Waals surface area (Å²) in [5.74, 6) is 0.579. The number of ether oxygens (including phenoxy) is 2. The molecule has 3 unspecified atom stereocenters. The van der Waals surface area contributed by atoms with Gasteiger partial charge in [-0.15, -0.1) is 0 Å². The Balaban J connectivity index is 0.000000886. The van der Waals surface area contributed by atoms with Gasteiger partial charge in [-0.05, 0) is 47.7 Å². The summed E-state index contributed by atoms with van der Waals surface area (Å²) in [4.78, 5) is 38.2. The van der Waals surface area contributed by atoms with Gasteiger partial charge in [-0.25, -0.2) is 9.37 Å². The Hall–Kier alpha value is -4.04. The number of anilines is 1. The second-order valence-electron chi connectivity index (χ2n) is 8.85. The maximum Gasteiger partial charge on any atom is 0.292 e. The Bertz CT molecular complexity index is 1170. The van der Waals surface area contributed by atoms with Gasteiger partial charge in [-0.2, -0.15) is 5.26 Å². The van der Waals surface area contributed by atoms with Crippen LogP contribution in [0.25, 0.3) is 11.1 Å². The van der Waals surface area contributed by atoms with Crippen LogP contribution in [0, 0.1) is 23.2 Å². The van der Waals surface area contributed by atoms with E-state index < -0.39 is 24.8 Å². The van der Waals surface area contributed by atoms with E-state index in [9.17, 15) is 19.2 Å². The first-order chi connectivity index (χ1) is 17.8. The average Bonchev–Trinajstić information content (AvgIpc) is 3.66. The SMILES string of the molecule is COC=O.C[C@@H]1CC1C(=O)Nc1cc(-c2ccc(OC3CCN(C(=O)CO)CC3F)c(C#N)c2)ccn1. The number of rotatable bonds is 7. The van der Waals surface area contributed by atoms with Crippen LogP contribution in [-0.4, -0.2) is 72.4 Å². The van der Waals surface area contributed by atoms with Gasteiger partial charge in [0, 0.05) is 25.1 Å². The molecular formula is C26H29FN4O6. The van der Waals surface area contributed by atoms with E-state index in [4.69, 9.17) is 14.6 Å². The number of piperidine rings is 1. The second-order valence-corrected chi connectivity index (χ2v) is 8.85. The highest BCUT2D eigenvalue weighted by molar-refractivity contribution is 5.94. The number of likely N-dealkylation sites (tertiary alicyclic amines) is 1. The number of halogens is 1. The van der Waals surface area contributed by atoms with Gasteiger partial charge in [-0.3, -0.25) is 14.4 Å². The molecule has 1 aliphatic carbocycles. The average molecular weight is 513 g/mol. The molecule has 1 aromatic heterocycles. The van der Waals surface area contributed by atoms with Crippen LogP contribution < -0.4 is 10.1 Å². The van der Waals surface area contributed by atoms with E-state index >= 15 is 0 Å². The van der Waals surface area contributed by atoms with Crippen molar-refractivity contribution in [3.63, 3.8) is 0 Å². The third-order valence-electron chi connectivity index (χ3n) is 6.24. The van der Waals surface area contributed by atoms with Gasteiger partial charge in [0.2, 0.25) is 11.8 Å². The molecule has 196 valence electrons. The summed E-state index contributed by atoms with van der Waals surface area (Å²) in [5, 5.41) is 21.4. The predicted molar refractivity (Wildman–Crippen MR) is 131 cm³/mol. The molecule has 1 saturated carbocycles. The number of carbonyl (C=O) groups excluding carboxylic acids is 3. The van der Waals surface area contributed by atoms with Gasteiger partial charge >= 0.3 is 0 Å². The number of methoxy groups -OCH3 is 1. The van der Waals surface area contributed by atoms with Crippen molar-refractivity contribution in [3.05, 3.63) is 42.1 Å². The summed E-state index contributed by atoms with van der Waals surface area (Å²) >= 11 is 0. The number of nitrogens with one attached hydrogen (secondary N) is 1. The molecule has 2 N–H and O–H groups in total. The zero-order chi connectivity index (χ0) is 26.9. The summed E-state index contributed by atoms with van der Waals surface area (Å²) in [7, 11) is 1.31. The summed E-state index contributed by atoms with van der Waals surface area (Å²) in [6.07, 6.45) is 0.508. The van der Waals surface area contributed by atoms with Gasteiger partial charge in [0.1, 0.15) is 30.3 Å². The number of carbonyl (C=O) groups is 3. The maximum atomic E-state index is 14.6. The Morgan fingerprint density at radius 3 is 2.62 bits per heavy atom. The van der Waals surface area contributed by atoms with Crippen molar-refractivity contribution in [2.75, 3.05) is 32.1 Å². The fourth-order valence-electron chi connectivity index (χ4n) is 3.99. The van der Waals surface area contributed by atoms with Crippen LogP contribution in [0.5, 0.6) is 5.75 Å². The van der Waals surface area contributed by atoms with Gasteiger partial charge < -0.3 is 24.8 Å². The molecule has 2 fully saturated rings. The Kier molecular flexibility index (Phi) is 9.51. The quantitative estimate of drug-likeness (QED) is 0.539. The van der Waals surface area contributed by atoms with Crippen LogP contribution >= 0.6 is 0 Å². The Morgan fingerprint density at radius 2 is 2.03 bits per heavy atom. The highest BCUT2D eigenvalue weighted by Crippen LogP contribution is 2.38. The molecule has 4 atom stereocenters. The smallest absolute Gasteiger partial charge is 0.292 e. The highest BCUT2D eigenvalue weighted by Gasteiger charge is 2.39. The number of aromatic nitrogens is 1. The molecule has 4 rings (SSSR count). The number of nitrogens with zero attached hydrogens (tertiary/aromatic N) is 3. The maximum absolute atomic E-state index is 14.6. The van der Waals surface area contributed by atoms with Crippen molar-refractivity contribution in [3.8, 4) is 22.9 Å². The van der Waals surface area contributed by atoms with Gasteiger partial charge in [0.15, 0.2) is 6.17 Å². The number of nitriles is 1. The van der Waals surface area contributed by atoms with Crippen LogP contribution in [-0.2, 0) is 19.1 Å². The summed E-state index contributed by atoms with van der Waals surface area (Å²) in [6.45, 7) is 1.87. The Labute approximate surface area is 214 Å². The van der Waals surface area contributed by atoms with E-state index in [0.29, 0.717) is 18.2 Å². The zero-order valence-electron chi connectivity index (χ0n) is 20.6. The number of pyridine rings is 1. The summed E-state index contributed by atoms with van der Waals surface area (Å²) < 4.78 is 24.2. The van der Waals surface area contributed by atoms with E-state index in [0.717, 1.165) is 17.5 Å². The minimum absolute atomic E-state index is 0.0324. The van der Waals surface area contributed by atoms with Crippen LogP contribution in [0.3, 0.4) is 0 Å². The molecule has 2 amide bonds. The largest absolute Gasteiger partial charge is 0.486 e. The molecule has 2 aromatic rings. The van der Waals surface area contributed by atoms with Crippen molar-refractivity contribution < 1.29 is 33.4 Å². The standard InChI is InChI=1S/C24H25FN4O4.C2H4O2/c1-14-8-18(14)24(32)28-22-10-16(4-6-27-22)15-2-3-20(17(9-15)11-26)33-21-5-7-29(12-19(21)25)23(31)13-30;1-4-2-3/h2-4,6,9-10,14,18-19,21,30H,5,7-8,12-13H2,1H3,(H,27,28,32);2H,1H3/t14-,18?,19?,21?;/m1./s1. The third-order valence-corrected chi connectivity index (χ3v) is 6.24. The van der Waals surface area contributed by atoms with Crippen molar-refractivity contribution in [2.24, 2.45) is 11.8 Å². The molecule has 11 heteroatoms. The highest BCUT2D eigenvalue weighted by atomic mass is 19.1. The third kappa shape index (κ3) is 7.24. The first-order valence-corrected chi connectivity index (χ1v) is 11.8. The number of hydrogen-bond acceptors (Lipinski definition) is 8. The molecule has 2 aliphatic rings. The van der Waals surface area contributed by atoms with Crippen LogP contribution in [0.1, 0.15) is 25.3 Å². The molecule has 1 saturated heterocycles. The number of aliphatic hydroxyl groups is 1. The fraction of sp³-hybridized carbons (Fsp3) is 0.423. The number of benzene rings is 1. The van der Waals surface area contributed by atoms with Crippen LogP contribution in [0.15, 0.2) is 36.5 Å². The minimum atomic E-state index is -1.43. The van der Waals surface area contributed by atoms with Crippen molar-refractivity contribution in [2.45, 2.75) is 32.0 Å². The lowest BCUT2D eigenvalue weighted by molar-refractivity contribution is -0.138. The van der Waals surface area contributed by atoms with Gasteiger partial charge in [-0.1, -0.05) is 13.0 Å². The molecule has 0 spiro atoms. The lowest BCUT2D eigenvalue weighted by Gasteiger charge is -2.34. The number of hydrogen-bond donors (Lipinski definition) is 2. The van der Waals surface area contributed by atoms with E-state index in [1.165, 1.54) is 12.0 Å². The predicted octanol–water partition coefficient (Wildman–Crippen LogP) is 2.31. The molecule has 1 aromatic carbocycles. The van der Waals surface area contributed by atoms with E-state index in [-0.39, 0.29) is 42.6 Å². The minimum Gasteiger partial charge on any atom is -0.486 e. The van der Waals surface area contributed by atoms with E-state index in [1.807, 2.05) is 6.92 Å². The van der Waals surface area contributed by atoms with Crippen molar-refractivity contribution in [1.82, 2.24) is 9.88 Å². The second kappa shape index (κ2) is 12.8. The number of amides is 2. The molecule has 0 radical (unpaired) electrons. The van der Waals surface area contributed by atoms with Crippen molar-refractivity contribution in [1.29, 1.82) is 5.26 Å². The van der Waals surface area contributed by atoms with Crippen molar-refractivity contribution >= 4 is 24.1 Å². The monoisotopic (exact) mass is 512 g/mol. The molecule has 10 nitrogen and oxygen atoms in total. The van der Waals surface area contributed by atoms with E-state index in [2.05, 4.69) is 21.1 Å². The van der Waals surface area contributed by atoms with Crippen LogP contribution in [0.2, 0.25) is 0 Å². The number of aliphatic hydroxyl groups excluding tert-OH is 1.